The van der Waals surface area contributed by atoms with E-state index in [1.54, 1.807) is 66.7 Å². The van der Waals surface area contributed by atoms with Gasteiger partial charge in [0.05, 0.1) is 25.2 Å². The van der Waals surface area contributed by atoms with E-state index < -0.39 is 5.25 Å². The summed E-state index contributed by atoms with van der Waals surface area (Å²) in [6.45, 7) is 1.40. The number of nitrogens with zero attached hydrogens (tertiary/aromatic N) is 1. The van der Waals surface area contributed by atoms with Gasteiger partial charge in [0.1, 0.15) is 0 Å². The van der Waals surface area contributed by atoms with Crippen molar-refractivity contribution in [2.24, 2.45) is 0 Å². The van der Waals surface area contributed by atoms with E-state index in [1.807, 2.05) is 0 Å². The summed E-state index contributed by atoms with van der Waals surface area (Å²) < 4.78 is 10.4. The van der Waals surface area contributed by atoms with Crippen molar-refractivity contribution in [2.45, 2.75) is 23.5 Å². The summed E-state index contributed by atoms with van der Waals surface area (Å²) in [5.41, 5.74) is 2.04. The molecule has 3 aromatic carbocycles. The summed E-state index contributed by atoms with van der Waals surface area (Å²) >= 11 is 1.29. The number of carbonyl (C=O) groups excluding carboxylic acids is 4. The van der Waals surface area contributed by atoms with Crippen LogP contribution in [-0.4, -0.2) is 43.1 Å². The van der Waals surface area contributed by atoms with Gasteiger partial charge in [-0.3, -0.25) is 19.2 Å². The minimum absolute atomic E-state index is 0.0781. The minimum Gasteiger partial charge on any atom is -0.493 e. The summed E-state index contributed by atoms with van der Waals surface area (Å²) in [7, 11) is 3.03. The van der Waals surface area contributed by atoms with Crippen molar-refractivity contribution in [1.82, 2.24) is 0 Å². The van der Waals surface area contributed by atoms with Gasteiger partial charge in [0.15, 0.2) is 11.5 Å². The van der Waals surface area contributed by atoms with Crippen LogP contribution >= 0.6 is 11.8 Å². The molecule has 9 nitrogen and oxygen atoms in total. The molecule has 4 amide bonds. The van der Waals surface area contributed by atoms with E-state index in [2.05, 4.69) is 10.6 Å². The highest BCUT2D eigenvalue weighted by Gasteiger charge is 2.40. The highest BCUT2D eigenvalue weighted by Crippen LogP contribution is 2.35. The fourth-order valence-corrected chi connectivity index (χ4v) is 4.88. The summed E-state index contributed by atoms with van der Waals surface area (Å²) in [5.74, 6) is -0.111. The number of methoxy groups -OCH3 is 2. The van der Waals surface area contributed by atoms with Gasteiger partial charge in [-0.1, -0.05) is 0 Å². The first-order valence-electron chi connectivity index (χ1n) is 11.3. The van der Waals surface area contributed by atoms with Crippen LogP contribution in [0.2, 0.25) is 0 Å². The molecule has 3 aromatic rings. The molecule has 1 saturated heterocycles. The molecule has 4 rings (SSSR count). The summed E-state index contributed by atoms with van der Waals surface area (Å²) in [4.78, 5) is 51.4. The first-order valence-corrected chi connectivity index (χ1v) is 12.2. The number of imide groups is 1. The molecule has 0 spiro atoms. The second kappa shape index (κ2) is 11.2. The molecule has 2 N–H and O–H groups in total. The number of hydrogen-bond donors (Lipinski definition) is 2. The highest BCUT2D eigenvalue weighted by molar-refractivity contribution is 8.00. The molecule has 1 aliphatic heterocycles. The molecular weight excluding hydrogens is 494 g/mol. The van der Waals surface area contributed by atoms with Crippen molar-refractivity contribution in [3.63, 3.8) is 0 Å². The number of amides is 4. The van der Waals surface area contributed by atoms with Crippen molar-refractivity contribution in [3.8, 4) is 11.5 Å². The maximum atomic E-state index is 13.0. The summed E-state index contributed by atoms with van der Waals surface area (Å²) in [6, 6.07) is 18.5. The second-order valence-corrected chi connectivity index (χ2v) is 9.43. The zero-order valence-electron chi connectivity index (χ0n) is 20.4. The van der Waals surface area contributed by atoms with Crippen LogP contribution in [0.1, 0.15) is 23.7 Å². The van der Waals surface area contributed by atoms with E-state index in [1.165, 1.54) is 37.8 Å². The van der Waals surface area contributed by atoms with Crippen LogP contribution in [0.4, 0.5) is 17.1 Å². The fraction of sp³-hybridized carbons (Fsp3) is 0.185. The average molecular weight is 520 g/mol. The van der Waals surface area contributed by atoms with Gasteiger partial charge < -0.3 is 20.1 Å². The standard InChI is InChI=1S/C27H25N3O6S/c1-16(31)28-18-5-9-20(10-6-18)30-25(32)15-24(27(30)34)37-21-11-7-19(8-12-21)29-26(33)17-4-13-22(35-2)23(14-17)36-3/h4-14,24H,15H2,1-3H3,(H,28,31)(H,29,33). The highest BCUT2D eigenvalue weighted by atomic mass is 32.2. The smallest absolute Gasteiger partial charge is 0.255 e. The first-order chi connectivity index (χ1) is 17.8. The molecular formula is C27H25N3O6S. The fourth-order valence-electron chi connectivity index (χ4n) is 3.83. The number of hydrogen-bond acceptors (Lipinski definition) is 7. The number of carbonyl (C=O) groups is 4. The molecule has 0 aromatic heterocycles. The molecule has 1 atom stereocenters. The lowest BCUT2D eigenvalue weighted by Gasteiger charge is -2.15. The number of benzene rings is 3. The lowest BCUT2D eigenvalue weighted by Crippen LogP contribution is -2.31. The van der Waals surface area contributed by atoms with Crippen LogP contribution in [0.5, 0.6) is 11.5 Å². The number of rotatable bonds is 8. The Morgan fingerprint density at radius 1 is 0.865 bits per heavy atom. The Balaban J connectivity index is 1.38. The number of nitrogens with one attached hydrogen (secondary N) is 2. The quantitative estimate of drug-likeness (QED) is 0.426. The molecule has 1 heterocycles. The van der Waals surface area contributed by atoms with E-state index in [0.29, 0.717) is 34.1 Å². The lowest BCUT2D eigenvalue weighted by molar-refractivity contribution is -0.121. The monoisotopic (exact) mass is 519 g/mol. The van der Waals surface area contributed by atoms with Gasteiger partial charge in [0, 0.05) is 35.2 Å². The molecule has 1 aliphatic rings. The number of anilines is 3. The molecule has 0 aliphatic carbocycles. The molecule has 0 bridgehead atoms. The zero-order valence-corrected chi connectivity index (χ0v) is 21.3. The Morgan fingerprint density at radius 3 is 2.11 bits per heavy atom. The molecule has 37 heavy (non-hydrogen) atoms. The number of thioether (sulfide) groups is 1. The minimum atomic E-state index is -0.560. The van der Waals surface area contributed by atoms with Crippen molar-refractivity contribution >= 4 is 52.5 Å². The maximum Gasteiger partial charge on any atom is 0.255 e. The van der Waals surface area contributed by atoms with Crippen LogP contribution in [0, 0.1) is 0 Å². The van der Waals surface area contributed by atoms with Crippen molar-refractivity contribution in [2.75, 3.05) is 29.8 Å². The Hall–Kier alpha value is -4.31. The largest absolute Gasteiger partial charge is 0.493 e. The van der Waals surface area contributed by atoms with Gasteiger partial charge in [0.25, 0.3) is 5.91 Å². The van der Waals surface area contributed by atoms with Crippen molar-refractivity contribution < 1.29 is 28.7 Å². The zero-order chi connectivity index (χ0) is 26.5. The predicted octanol–water partition coefficient (Wildman–Crippen LogP) is 4.34. The Labute approximate surface area is 218 Å². The molecule has 190 valence electrons. The third-order valence-electron chi connectivity index (χ3n) is 5.59. The molecule has 10 heteroatoms. The third-order valence-corrected chi connectivity index (χ3v) is 6.78. The van der Waals surface area contributed by atoms with Gasteiger partial charge in [-0.15, -0.1) is 11.8 Å². The summed E-state index contributed by atoms with van der Waals surface area (Å²) in [6.07, 6.45) is 0.0781. The van der Waals surface area contributed by atoms with E-state index in [4.69, 9.17) is 9.47 Å². The lowest BCUT2D eigenvalue weighted by atomic mass is 10.2. The second-order valence-electron chi connectivity index (χ2n) is 8.15. The van der Waals surface area contributed by atoms with Crippen LogP contribution in [0.15, 0.2) is 71.6 Å². The Morgan fingerprint density at radius 2 is 1.49 bits per heavy atom. The van der Waals surface area contributed by atoms with Crippen LogP contribution < -0.4 is 25.0 Å². The SMILES string of the molecule is COc1ccc(C(=O)Nc2ccc(SC3CC(=O)N(c4ccc(NC(C)=O)cc4)C3=O)cc2)cc1OC. The van der Waals surface area contributed by atoms with Crippen LogP contribution in [0.3, 0.4) is 0 Å². The maximum absolute atomic E-state index is 13.0. The predicted molar refractivity (Wildman–Crippen MR) is 141 cm³/mol. The number of ether oxygens (including phenoxy) is 2. The topological polar surface area (TPSA) is 114 Å². The first kappa shape index (κ1) is 25.8. The third kappa shape index (κ3) is 5.92. The molecule has 1 fully saturated rings. The van der Waals surface area contributed by atoms with E-state index >= 15 is 0 Å². The Bertz CT molecular complexity index is 1340. The average Bonchev–Trinajstić information content (AvgIpc) is 3.17. The van der Waals surface area contributed by atoms with Gasteiger partial charge in [-0.25, -0.2) is 4.90 Å². The molecule has 1 unspecified atom stereocenters. The Kier molecular flexibility index (Phi) is 7.78. The molecule has 0 saturated carbocycles. The van der Waals surface area contributed by atoms with E-state index in [-0.39, 0.29) is 30.0 Å². The van der Waals surface area contributed by atoms with Gasteiger partial charge in [-0.2, -0.15) is 0 Å². The van der Waals surface area contributed by atoms with E-state index in [9.17, 15) is 19.2 Å². The molecule has 0 radical (unpaired) electrons. The summed E-state index contributed by atoms with van der Waals surface area (Å²) in [5, 5.41) is 4.92. The van der Waals surface area contributed by atoms with Gasteiger partial charge >= 0.3 is 0 Å². The van der Waals surface area contributed by atoms with Crippen LogP contribution in [-0.2, 0) is 14.4 Å². The van der Waals surface area contributed by atoms with Crippen molar-refractivity contribution in [1.29, 1.82) is 0 Å². The van der Waals surface area contributed by atoms with Crippen molar-refractivity contribution in [3.05, 3.63) is 72.3 Å². The van der Waals surface area contributed by atoms with E-state index in [0.717, 1.165) is 4.90 Å². The normalized spacial score (nSPS) is 14.9. The van der Waals surface area contributed by atoms with Gasteiger partial charge in [-0.05, 0) is 66.7 Å². The van der Waals surface area contributed by atoms with Crippen LogP contribution in [0.25, 0.3) is 0 Å². The van der Waals surface area contributed by atoms with Gasteiger partial charge in [0.2, 0.25) is 17.7 Å².